The van der Waals surface area contributed by atoms with E-state index in [9.17, 15) is 4.79 Å². The Morgan fingerprint density at radius 3 is 2.64 bits per heavy atom. The molecule has 0 spiro atoms. The van der Waals surface area contributed by atoms with Crippen LogP contribution < -0.4 is 11.1 Å². The van der Waals surface area contributed by atoms with Crippen LogP contribution in [0.1, 0.15) is 39.5 Å². The molecule has 0 bridgehead atoms. The van der Waals surface area contributed by atoms with Crippen LogP contribution in [0, 0.1) is 11.8 Å². The van der Waals surface area contributed by atoms with Gasteiger partial charge >= 0.3 is 0 Å². The molecular formula is C11H22N2O. The largest absolute Gasteiger partial charge is 0.353 e. The zero-order chi connectivity index (χ0) is 10.6. The molecule has 1 unspecified atom stereocenters. The lowest BCUT2D eigenvalue weighted by Gasteiger charge is -2.34. The number of hydrogen-bond acceptors (Lipinski definition) is 2. The van der Waals surface area contributed by atoms with Crippen LogP contribution in [0.5, 0.6) is 0 Å². The summed E-state index contributed by atoms with van der Waals surface area (Å²) in [6.45, 7) is 4.78. The first-order valence-electron chi connectivity index (χ1n) is 5.67. The Kier molecular flexibility index (Phi) is 4.39. The van der Waals surface area contributed by atoms with Gasteiger partial charge in [-0.1, -0.05) is 20.3 Å². The molecule has 1 amide bonds. The van der Waals surface area contributed by atoms with E-state index in [0.29, 0.717) is 12.6 Å². The highest BCUT2D eigenvalue weighted by Crippen LogP contribution is 2.26. The highest BCUT2D eigenvalue weighted by molar-refractivity contribution is 5.79. The first-order valence-corrected chi connectivity index (χ1v) is 5.67. The molecule has 0 aliphatic heterocycles. The standard InChI is InChI=1S/C11H22N2O/c1-3-4-9(7-12)11(14)13-10-5-8(2)6-10/h8-10H,3-7,12H2,1-2H3,(H,13,14). The van der Waals surface area contributed by atoms with Gasteiger partial charge in [-0.3, -0.25) is 4.79 Å². The minimum atomic E-state index is 0.0240. The summed E-state index contributed by atoms with van der Waals surface area (Å²) in [5, 5.41) is 3.06. The van der Waals surface area contributed by atoms with Crippen LogP contribution in [0.15, 0.2) is 0 Å². The van der Waals surface area contributed by atoms with Crippen LogP contribution in [0.2, 0.25) is 0 Å². The van der Waals surface area contributed by atoms with Crippen molar-refractivity contribution in [1.29, 1.82) is 0 Å². The van der Waals surface area contributed by atoms with E-state index in [-0.39, 0.29) is 11.8 Å². The second-order valence-electron chi connectivity index (χ2n) is 4.50. The van der Waals surface area contributed by atoms with E-state index in [1.54, 1.807) is 0 Å². The number of amides is 1. The fourth-order valence-electron chi connectivity index (χ4n) is 2.04. The molecule has 3 N–H and O–H groups in total. The van der Waals surface area contributed by atoms with E-state index >= 15 is 0 Å². The molecule has 1 atom stereocenters. The van der Waals surface area contributed by atoms with Crippen molar-refractivity contribution in [2.24, 2.45) is 17.6 Å². The van der Waals surface area contributed by atoms with Gasteiger partial charge in [-0.25, -0.2) is 0 Å². The summed E-state index contributed by atoms with van der Waals surface area (Å²) in [7, 11) is 0. The summed E-state index contributed by atoms with van der Waals surface area (Å²) >= 11 is 0. The van der Waals surface area contributed by atoms with E-state index < -0.39 is 0 Å². The first kappa shape index (κ1) is 11.5. The Balaban J connectivity index is 2.25. The maximum atomic E-state index is 11.7. The van der Waals surface area contributed by atoms with Crippen molar-refractivity contribution in [3.63, 3.8) is 0 Å². The molecule has 0 aromatic carbocycles. The summed E-state index contributed by atoms with van der Waals surface area (Å²) in [6, 6.07) is 0.420. The molecule has 0 radical (unpaired) electrons. The fraction of sp³-hybridized carbons (Fsp3) is 0.909. The molecule has 1 fully saturated rings. The van der Waals surface area contributed by atoms with Gasteiger partial charge in [0, 0.05) is 12.6 Å². The zero-order valence-corrected chi connectivity index (χ0v) is 9.25. The third-order valence-corrected chi connectivity index (χ3v) is 3.01. The number of carbonyl (C=O) groups excluding carboxylic acids is 1. The predicted octanol–water partition coefficient (Wildman–Crippen LogP) is 1.28. The SMILES string of the molecule is CCCC(CN)C(=O)NC1CC(C)C1. The van der Waals surface area contributed by atoms with Gasteiger partial charge in [0.2, 0.25) is 5.91 Å². The second kappa shape index (κ2) is 5.35. The summed E-state index contributed by atoms with van der Waals surface area (Å²) in [6.07, 6.45) is 4.20. The summed E-state index contributed by atoms with van der Waals surface area (Å²) in [5.74, 6) is 0.963. The average Bonchev–Trinajstić information content (AvgIpc) is 2.11. The van der Waals surface area contributed by atoms with Gasteiger partial charge in [-0.15, -0.1) is 0 Å². The van der Waals surface area contributed by atoms with Crippen LogP contribution in [-0.4, -0.2) is 18.5 Å². The van der Waals surface area contributed by atoms with Gasteiger partial charge in [0.1, 0.15) is 0 Å². The number of rotatable bonds is 5. The van der Waals surface area contributed by atoms with E-state index in [4.69, 9.17) is 5.73 Å². The van der Waals surface area contributed by atoms with E-state index in [1.165, 1.54) is 0 Å². The quantitative estimate of drug-likeness (QED) is 0.699. The highest BCUT2D eigenvalue weighted by atomic mass is 16.1. The Morgan fingerprint density at radius 1 is 1.57 bits per heavy atom. The van der Waals surface area contributed by atoms with Gasteiger partial charge in [0.25, 0.3) is 0 Å². The van der Waals surface area contributed by atoms with Crippen LogP contribution in [-0.2, 0) is 4.79 Å². The van der Waals surface area contributed by atoms with E-state index in [0.717, 1.165) is 31.6 Å². The molecule has 0 saturated heterocycles. The van der Waals surface area contributed by atoms with Crippen molar-refractivity contribution >= 4 is 5.91 Å². The topological polar surface area (TPSA) is 55.1 Å². The maximum Gasteiger partial charge on any atom is 0.224 e. The van der Waals surface area contributed by atoms with Crippen molar-refractivity contribution in [1.82, 2.24) is 5.32 Å². The Hall–Kier alpha value is -0.570. The van der Waals surface area contributed by atoms with E-state index in [2.05, 4.69) is 19.2 Å². The lowest BCUT2D eigenvalue weighted by Crippen LogP contribution is -2.47. The van der Waals surface area contributed by atoms with Crippen molar-refractivity contribution in [3.8, 4) is 0 Å². The van der Waals surface area contributed by atoms with Gasteiger partial charge in [-0.2, -0.15) is 0 Å². The first-order chi connectivity index (χ1) is 6.67. The van der Waals surface area contributed by atoms with Gasteiger partial charge in [0.05, 0.1) is 5.92 Å². The van der Waals surface area contributed by atoms with Crippen molar-refractivity contribution in [2.75, 3.05) is 6.54 Å². The predicted molar refractivity (Wildman–Crippen MR) is 57.8 cm³/mol. The average molecular weight is 198 g/mol. The molecule has 0 aromatic heterocycles. The minimum Gasteiger partial charge on any atom is -0.353 e. The monoisotopic (exact) mass is 198 g/mol. The Bertz CT molecular complexity index is 188. The van der Waals surface area contributed by atoms with Crippen molar-refractivity contribution in [2.45, 2.75) is 45.6 Å². The van der Waals surface area contributed by atoms with Crippen LogP contribution >= 0.6 is 0 Å². The molecule has 1 aliphatic rings. The van der Waals surface area contributed by atoms with Gasteiger partial charge in [0.15, 0.2) is 0 Å². The second-order valence-corrected chi connectivity index (χ2v) is 4.50. The normalized spacial score (nSPS) is 27.9. The third-order valence-electron chi connectivity index (χ3n) is 3.01. The molecule has 0 heterocycles. The summed E-state index contributed by atoms with van der Waals surface area (Å²) < 4.78 is 0. The third kappa shape index (κ3) is 2.98. The zero-order valence-electron chi connectivity index (χ0n) is 9.25. The summed E-state index contributed by atoms with van der Waals surface area (Å²) in [4.78, 5) is 11.7. The van der Waals surface area contributed by atoms with Gasteiger partial charge < -0.3 is 11.1 Å². The molecule has 3 nitrogen and oxygen atoms in total. The number of nitrogens with two attached hydrogens (primary N) is 1. The number of nitrogens with one attached hydrogen (secondary N) is 1. The summed E-state index contributed by atoms with van der Waals surface area (Å²) in [5.41, 5.74) is 5.56. The lowest BCUT2D eigenvalue weighted by molar-refractivity contribution is -0.126. The molecule has 14 heavy (non-hydrogen) atoms. The van der Waals surface area contributed by atoms with Crippen molar-refractivity contribution < 1.29 is 4.79 Å². The van der Waals surface area contributed by atoms with Gasteiger partial charge in [-0.05, 0) is 25.2 Å². The molecule has 0 aromatic rings. The minimum absolute atomic E-state index is 0.0240. The van der Waals surface area contributed by atoms with Crippen LogP contribution in [0.25, 0.3) is 0 Å². The smallest absolute Gasteiger partial charge is 0.224 e. The Labute approximate surface area is 86.4 Å². The van der Waals surface area contributed by atoms with Crippen LogP contribution in [0.4, 0.5) is 0 Å². The lowest BCUT2D eigenvalue weighted by atomic mass is 9.81. The molecular weight excluding hydrogens is 176 g/mol. The number of carbonyl (C=O) groups is 1. The maximum absolute atomic E-state index is 11.7. The van der Waals surface area contributed by atoms with Crippen LogP contribution in [0.3, 0.4) is 0 Å². The molecule has 1 saturated carbocycles. The highest BCUT2D eigenvalue weighted by Gasteiger charge is 2.28. The molecule has 1 aliphatic carbocycles. The molecule has 82 valence electrons. The van der Waals surface area contributed by atoms with E-state index in [1.807, 2.05) is 0 Å². The number of hydrogen-bond donors (Lipinski definition) is 2. The van der Waals surface area contributed by atoms with Crippen molar-refractivity contribution in [3.05, 3.63) is 0 Å². The molecule has 3 heteroatoms. The molecule has 1 rings (SSSR count). The Morgan fingerprint density at radius 2 is 2.21 bits per heavy atom. The fourth-order valence-corrected chi connectivity index (χ4v) is 2.04.